The molecular formula is C21H23N3O3S. The Hall–Kier alpha value is -2.80. The van der Waals surface area contributed by atoms with E-state index < -0.39 is 12.0 Å². The van der Waals surface area contributed by atoms with Crippen LogP contribution < -0.4 is 5.32 Å². The van der Waals surface area contributed by atoms with Crippen molar-refractivity contribution < 1.29 is 14.7 Å². The molecule has 3 rings (SSSR count). The number of nitrogens with zero attached hydrogens (tertiary/aromatic N) is 2. The number of benzene rings is 1. The lowest BCUT2D eigenvalue weighted by Gasteiger charge is -2.16. The number of imidazole rings is 1. The molecule has 2 N–H and O–H groups in total. The molecule has 1 unspecified atom stereocenters. The van der Waals surface area contributed by atoms with Gasteiger partial charge in [0.2, 0.25) is 0 Å². The van der Waals surface area contributed by atoms with Crippen molar-refractivity contribution in [2.24, 2.45) is 5.92 Å². The van der Waals surface area contributed by atoms with Crippen LogP contribution in [0.15, 0.2) is 59.8 Å². The summed E-state index contributed by atoms with van der Waals surface area (Å²) in [5.74, 6) is -0.477. The van der Waals surface area contributed by atoms with Gasteiger partial charge in [0, 0.05) is 28.6 Å². The van der Waals surface area contributed by atoms with Gasteiger partial charge in [-0.1, -0.05) is 19.9 Å². The highest BCUT2D eigenvalue weighted by Crippen LogP contribution is 2.23. The Bertz CT molecular complexity index is 933. The number of pyridine rings is 1. The van der Waals surface area contributed by atoms with Gasteiger partial charge in [-0.15, -0.1) is 11.8 Å². The predicted molar refractivity (Wildman–Crippen MR) is 110 cm³/mol. The van der Waals surface area contributed by atoms with Crippen molar-refractivity contribution in [2.75, 3.05) is 0 Å². The fourth-order valence-electron chi connectivity index (χ4n) is 2.85. The minimum absolute atomic E-state index is 0.180. The van der Waals surface area contributed by atoms with Crippen LogP contribution in [0.3, 0.4) is 0 Å². The second kappa shape index (κ2) is 8.93. The molecular weight excluding hydrogens is 374 g/mol. The number of carboxylic acids is 1. The third kappa shape index (κ3) is 5.13. The molecule has 0 fully saturated rings. The van der Waals surface area contributed by atoms with Gasteiger partial charge in [0.05, 0.1) is 5.69 Å². The zero-order chi connectivity index (χ0) is 20.1. The Morgan fingerprint density at radius 2 is 1.93 bits per heavy atom. The van der Waals surface area contributed by atoms with Gasteiger partial charge in [0.25, 0.3) is 5.91 Å². The van der Waals surface area contributed by atoms with E-state index in [4.69, 9.17) is 0 Å². The lowest BCUT2D eigenvalue weighted by atomic mass is 10.0. The highest BCUT2D eigenvalue weighted by atomic mass is 32.2. The first-order valence-corrected chi connectivity index (χ1v) is 10.1. The fraction of sp³-hybridized carbons (Fsp3) is 0.286. The summed E-state index contributed by atoms with van der Waals surface area (Å²) in [6.45, 7) is 3.86. The Morgan fingerprint density at radius 3 is 2.57 bits per heavy atom. The van der Waals surface area contributed by atoms with E-state index in [-0.39, 0.29) is 11.8 Å². The van der Waals surface area contributed by atoms with Gasteiger partial charge < -0.3 is 14.8 Å². The highest BCUT2D eigenvalue weighted by Gasteiger charge is 2.21. The van der Waals surface area contributed by atoms with E-state index in [1.807, 2.05) is 61.0 Å². The highest BCUT2D eigenvalue weighted by molar-refractivity contribution is 7.98. The molecule has 1 atom stereocenters. The van der Waals surface area contributed by atoms with Crippen LogP contribution in [-0.2, 0) is 10.5 Å². The summed E-state index contributed by atoms with van der Waals surface area (Å²) in [4.78, 5) is 29.2. The topological polar surface area (TPSA) is 83.7 Å². The van der Waals surface area contributed by atoms with Crippen LogP contribution in [0.5, 0.6) is 0 Å². The first kappa shape index (κ1) is 19.9. The first-order chi connectivity index (χ1) is 13.4. The molecule has 0 bridgehead atoms. The number of carboxylic acid groups (broad SMARTS) is 1. The number of amides is 1. The third-order valence-corrected chi connectivity index (χ3v) is 5.27. The number of hydrogen-bond donors (Lipinski definition) is 2. The van der Waals surface area contributed by atoms with Crippen LogP contribution in [0.2, 0.25) is 0 Å². The molecule has 0 spiro atoms. The van der Waals surface area contributed by atoms with Gasteiger partial charge in [-0.3, -0.25) is 4.79 Å². The minimum Gasteiger partial charge on any atom is -0.480 e. The summed E-state index contributed by atoms with van der Waals surface area (Å²) >= 11 is 1.63. The van der Waals surface area contributed by atoms with E-state index in [1.165, 1.54) is 0 Å². The summed E-state index contributed by atoms with van der Waals surface area (Å²) in [6, 6.07) is 12.2. The van der Waals surface area contributed by atoms with Gasteiger partial charge in [0.1, 0.15) is 11.7 Å². The zero-order valence-corrected chi connectivity index (χ0v) is 16.6. The summed E-state index contributed by atoms with van der Waals surface area (Å²) in [7, 11) is 0. The Balaban J connectivity index is 1.59. The van der Waals surface area contributed by atoms with Crippen molar-refractivity contribution in [3.63, 3.8) is 0 Å². The molecule has 1 amide bonds. The SMILES string of the molecule is CC(C)CC(NC(=O)c1ccc(SCc2cn3ccccc3n2)cc1)C(=O)O. The first-order valence-electron chi connectivity index (χ1n) is 9.11. The van der Waals surface area contributed by atoms with E-state index in [0.717, 1.165) is 22.0 Å². The number of nitrogens with one attached hydrogen (secondary N) is 1. The van der Waals surface area contributed by atoms with E-state index in [9.17, 15) is 14.7 Å². The minimum atomic E-state index is -1.01. The Labute approximate surface area is 168 Å². The standard InChI is InChI=1S/C21H23N3O3S/c1-14(2)11-18(21(26)27)23-20(25)15-6-8-17(9-7-15)28-13-16-12-24-10-4-3-5-19(24)22-16/h3-10,12,14,18H,11,13H2,1-2H3,(H,23,25)(H,26,27). The van der Waals surface area contributed by atoms with Gasteiger partial charge in [-0.05, 0) is 48.7 Å². The maximum Gasteiger partial charge on any atom is 0.326 e. The van der Waals surface area contributed by atoms with Crippen molar-refractivity contribution in [2.45, 2.75) is 37.0 Å². The smallest absolute Gasteiger partial charge is 0.326 e. The second-order valence-electron chi connectivity index (χ2n) is 7.01. The number of rotatable bonds is 8. The number of carbonyl (C=O) groups is 2. The molecule has 28 heavy (non-hydrogen) atoms. The second-order valence-corrected chi connectivity index (χ2v) is 8.05. The largest absolute Gasteiger partial charge is 0.480 e. The molecule has 0 saturated carbocycles. The lowest BCUT2D eigenvalue weighted by molar-refractivity contribution is -0.139. The summed E-state index contributed by atoms with van der Waals surface area (Å²) in [5, 5.41) is 11.9. The van der Waals surface area contributed by atoms with Gasteiger partial charge in [-0.25, -0.2) is 9.78 Å². The molecule has 0 aliphatic rings. The third-order valence-electron chi connectivity index (χ3n) is 4.23. The maximum absolute atomic E-state index is 12.3. The number of carbonyl (C=O) groups excluding carboxylic acids is 1. The fourth-order valence-corrected chi connectivity index (χ4v) is 3.63. The maximum atomic E-state index is 12.3. The van der Waals surface area contributed by atoms with Crippen LogP contribution in [0.1, 0.15) is 36.3 Å². The van der Waals surface area contributed by atoms with Crippen LogP contribution in [-0.4, -0.2) is 32.4 Å². The normalized spacial score (nSPS) is 12.2. The van der Waals surface area contributed by atoms with E-state index in [0.29, 0.717) is 12.0 Å². The molecule has 3 aromatic rings. The van der Waals surface area contributed by atoms with Gasteiger partial charge >= 0.3 is 5.97 Å². The average Bonchev–Trinajstić information content (AvgIpc) is 3.08. The van der Waals surface area contributed by atoms with Crippen LogP contribution in [0.25, 0.3) is 5.65 Å². The summed E-state index contributed by atoms with van der Waals surface area (Å²) in [6.07, 6.45) is 4.37. The number of fused-ring (bicyclic) bond motifs is 1. The van der Waals surface area contributed by atoms with E-state index >= 15 is 0 Å². The van der Waals surface area contributed by atoms with Crippen molar-refractivity contribution >= 4 is 29.3 Å². The molecule has 0 aliphatic heterocycles. The molecule has 2 heterocycles. The van der Waals surface area contributed by atoms with Crippen LogP contribution in [0, 0.1) is 5.92 Å². The molecule has 1 aromatic carbocycles. The molecule has 2 aromatic heterocycles. The Morgan fingerprint density at radius 1 is 1.18 bits per heavy atom. The number of aliphatic carboxylic acids is 1. The van der Waals surface area contributed by atoms with E-state index in [1.54, 1.807) is 23.9 Å². The average molecular weight is 398 g/mol. The number of thioether (sulfide) groups is 1. The van der Waals surface area contributed by atoms with Crippen LogP contribution >= 0.6 is 11.8 Å². The van der Waals surface area contributed by atoms with Crippen molar-refractivity contribution in [3.8, 4) is 0 Å². The molecule has 146 valence electrons. The van der Waals surface area contributed by atoms with E-state index in [2.05, 4.69) is 10.3 Å². The zero-order valence-electron chi connectivity index (χ0n) is 15.8. The number of hydrogen-bond acceptors (Lipinski definition) is 4. The van der Waals surface area contributed by atoms with Crippen LogP contribution in [0.4, 0.5) is 0 Å². The monoisotopic (exact) mass is 397 g/mol. The quantitative estimate of drug-likeness (QED) is 0.564. The van der Waals surface area contributed by atoms with Gasteiger partial charge in [0.15, 0.2) is 0 Å². The Kier molecular flexibility index (Phi) is 6.36. The summed E-state index contributed by atoms with van der Waals surface area (Å²) in [5.41, 5.74) is 2.35. The number of aromatic nitrogens is 2. The molecule has 6 nitrogen and oxygen atoms in total. The summed E-state index contributed by atoms with van der Waals surface area (Å²) < 4.78 is 1.99. The van der Waals surface area contributed by atoms with Crippen molar-refractivity contribution in [1.82, 2.24) is 14.7 Å². The van der Waals surface area contributed by atoms with Crippen molar-refractivity contribution in [3.05, 3.63) is 66.1 Å². The molecule has 0 radical (unpaired) electrons. The van der Waals surface area contributed by atoms with Gasteiger partial charge in [-0.2, -0.15) is 0 Å². The van der Waals surface area contributed by atoms with Crippen molar-refractivity contribution in [1.29, 1.82) is 0 Å². The molecule has 7 heteroatoms. The lowest BCUT2D eigenvalue weighted by Crippen LogP contribution is -2.41. The predicted octanol–water partition coefficient (Wildman–Crippen LogP) is 3.86. The molecule has 0 aliphatic carbocycles. The molecule has 0 saturated heterocycles.